The van der Waals surface area contributed by atoms with Gasteiger partial charge in [-0.25, -0.2) is 0 Å². The monoisotopic (exact) mass is 382 g/mol. The van der Waals surface area contributed by atoms with Gasteiger partial charge in [0.15, 0.2) is 11.5 Å². The quantitative estimate of drug-likeness (QED) is 0.586. The summed E-state index contributed by atoms with van der Waals surface area (Å²) in [5, 5.41) is 13.1. The van der Waals surface area contributed by atoms with E-state index < -0.39 is 0 Å². The molecule has 1 N–H and O–H groups in total. The fourth-order valence-electron chi connectivity index (χ4n) is 3.33. The lowest BCUT2D eigenvalue weighted by atomic mass is 9.94. The molecule has 2 rings (SSSR count). The number of para-hydroxylation sites is 1. The van der Waals surface area contributed by atoms with Crippen LogP contribution >= 0.6 is 0 Å². The summed E-state index contributed by atoms with van der Waals surface area (Å²) >= 11 is 0. The van der Waals surface area contributed by atoms with E-state index >= 15 is 0 Å². The summed E-state index contributed by atoms with van der Waals surface area (Å²) < 4.78 is 16.0. The van der Waals surface area contributed by atoms with Gasteiger partial charge in [-0.2, -0.15) is 5.26 Å². The number of rotatable bonds is 11. The molecule has 0 amide bonds. The summed E-state index contributed by atoms with van der Waals surface area (Å²) in [4.78, 5) is 0. The van der Waals surface area contributed by atoms with E-state index in [4.69, 9.17) is 14.2 Å². The molecule has 0 aliphatic carbocycles. The Morgan fingerprint density at radius 2 is 1.68 bits per heavy atom. The van der Waals surface area contributed by atoms with Gasteiger partial charge in [0.05, 0.1) is 33.3 Å². The fraction of sp³-hybridized carbons (Fsp3) is 0.435. The molecule has 2 aromatic rings. The van der Waals surface area contributed by atoms with Crippen molar-refractivity contribution in [2.24, 2.45) is 0 Å². The summed E-state index contributed by atoms with van der Waals surface area (Å²) in [5.41, 5.74) is 2.16. The molecule has 2 aromatic carbocycles. The molecule has 0 heterocycles. The van der Waals surface area contributed by atoms with Crippen molar-refractivity contribution in [3.63, 3.8) is 0 Å². The van der Waals surface area contributed by atoms with E-state index in [0.29, 0.717) is 6.04 Å². The van der Waals surface area contributed by atoms with Gasteiger partial charge in [0.25, 0.3) is 0 Å². The van der Waals surface area contributed by atoms with Gasteiger partial charge in [0.1, 0.15) is 5.75 Å². The molecule has 0 spiro atoms. The van der Waals surface area contributed by atoms with Gasteiger partial charge in [0, 0.05) is 11.6 Å². The lowest BCUT2D eigenvalue weighted by molar-refractivity contribution is 0.354. The maximum absolute atomic E-state index is 9.55. The number of ether oxygens (including phenoxy) is 3. The number of hydrogen-bond donors (Lipinski definition) is 1. The Hall–Kier alpha value is -2.71. The first-order valence-electron chi connectivity index (χ1n) is 9.59. The average molecular weight is 383 g/mol. The normalized spacial score (nSPS) is 12.7. The third-order valence-electron chi connectivity index (χ3n) is 4.82. The van der Waals surface area contributed by atoms with Gasteiger partial charge in [0.2, 0.25) is 0 Å². The minimum absolute atomic E-state index is 0.154. The Bertz CT molecular complexity index is 786. The van der Waals surface area contributed by atoms with Gasteiger partial charge in [-0.15, -0.1) is 0 Å². The number of hydrogen-bond acceptors (Lipinski definition) is 5. The van der Waals surface area contributed by atoms with E-state index in [-0.39, 0.29) is 5.92 Å². The summed E-state index contributed by atoms with van der Waals surface area (Å²) in [7, 11) is 4.93. The molecular formula is C23H30N2O3. The lowest BCUT2D eigenvalue weighted by Crippen LogP contribution is -2.29. The Morgan fingerprint density at radius 1 is 0.964 bits per heavy atom. The number of methoxy groups -OCH3 is 3. The van der Waals surface area contributed by atoms with Crippen molar-refractivity contribution in [2.45, 2.75) is 38.1 Å². The zero-order chi connectivity index (χ0) is 20.4. The van der Waals surface area contributed by atoms with Crippen molar-refractivity contribution in [3.8, 4) is 23.3 Å². The molecule has 0 fully saturated rings. The molecule has 0 bridgehead atoms. The Balaban J connectivity index is 1.82. The zero-order valence-corrected chi connectivity index (χ0v) is 17.2. The van der Waals surface area contributed by atoms with E-state index in [9.17, 15) is 5.26 Å². The highest BCUT2D eigenvalue weighted by atomic mass is 16.5. The molecule has 0 saturated heterocycles. The summed E-state index contributed by atoms with van der Waals surface area (Å²) in [5.74, 6) is 2.12. The van der Waals surface area contributed by atoms with Crippen LogP contribution in [0, 0.1) is 11.3 Å². The number of nitriles is 1. The van der Waals surface area contributed by atoms with Crippen LogP contribution in [0.2, 0.25) is 0 Å². The fourth-order valence-corrected chi connectivity index (χ4v) is 3.33. The maximum Gasteiger partial charge on any atom is 0.160 e. The lowest BCUT2D eigenvalue weighted by Gasteiger charge is -2.17. The van der Waals surface area contributed by atoms with E-state index in [1.165, 1.54) is 5.56 Å². The van der Waals surface area contributed by atoms with Gasteiger partial charge < -0.3 is 19.5 Å². The number of nitrogens with zero attached hydrogens (tertiary/aromatic N) is 1. The molecule has 2 atom stereocenters. The Morgan fingerprint density at radius 3 is 2.36 bits per heavy atom. The standard InChI is InChI=1S/C23H30N2O3/c1-17(14-18-11-12-22(27-3)23(15-18)28-4)25-13-7-8-19(16-24)20-9-5-6-10-21(20)26-2/h5-6,9-12,15,17,19,25H,7-8,13-14H2,1-4H3. The van der Waals surface area contributed by atoms with Crippen LogP contribution in [0.25, 0.3) is 0 Å². The SMILES string of the molecule is COc1ccc(CC(C)NCCCC(C#N)c2ccccc2OC)cc1OC. The summed E-state index contributed by atoms with van der Waals surface area (Å²) in [6, 6.07) is 16.5. The second kappa shape index (κ2) is 11.2. The first kappa shape index (κ1) is 21.6. The van der Waals surface area contributed by atoms with E-state index in [1.54, 1.807) is 21.3 Å². The maximum atomic E-state index is 9.55. The van der Waals surface area contributed by atoms with Crippen LogP contribution in [0.15, 0.2) is 42.5 Å². The highest BCUT2D eigenvalue weighted by molar-refractivity contribution is 5.43. The van der Waals surface area contributed by atoms with Crippen LogP contribution in [0.5, 0.6) is 17.2 Å². The van der Waals surface area contributed by atoms with Crippen molar-refractivity contribution in [2.75, 3.05) is 27.9 Å². The molecule has 0 radical (unpaired) electrons. The molecule has 0 aliphatic heterocycles. The summed E-state index contributed by atoms with van der Waals surface area (Å²) in [6.45, 7) is 3.03. The predicted octanol–water partition coefficient (Wildman–Crippen LogP) is 4.32. The molecule has 0 aliphatic rings. The van der Waals surface area contributed by atoms with Crippen molar-refractivity contribution in [1.82, 2.24) is 5.32 Å². The van der Waals surface area contributed by atoms with Crippen LogP contribution in [-0.4, -0.2) is 33.9 Å². The highest BCUT2D eigenvalue weighted by Crippen LogP contribution is 2.29. The first-order chi connectivity index (χ1) is 13.6. The second-order valence-corrected chi connectivity index (χ2v) is 6.81. The Labute approximate surface area is 168 Å². The molecule has 5 heteroatoms. The van der Waals surface area contributed by atoms with Gasteiger partial charge in [-0.05, 0) is 56.5 Å². The van der Waals surface area contributed by atoms with Crippen LogP contribution in [0.1, 0.15) is 36.8 Å². The number of nitrogens with one attached hydrogen (secondary N) is 1. The van der Waals surface area contributed by atoms with Crippen LogP contribution < -0.4 is 19.5 Å². The van der Waals surface area contributed by atoms with Gasteiger partial charge in [-0.1, -0.05) is 24.3 Å². The van der Waals surface area contributed by atoms with Crippen molar-refractivity contribution in [3.05, 3.63) is 53.6 Å². The van der Waals surface area contributed by atoms with E-state index in [0.717, 1.165) is 48.6 Å². The topological polar surface area (TPSA) is 63.5 Å². The molecule has 0 saturated carbocycles. The van der Waals surface area contributed by atoms with E-state index in [1.807, 2.05) is 36.4 Å². The molecule has 28 heavy (non-hydrogen) atoms. The van der Waals surface area contributed by atoms with Crippen molar-refractivity contribution in [1.29, 1.82) is 5.26 Å². The number of benzene rings is 2. The first-order valence-corrected chi connectivity index (χ1v) is 9.59. The zero-order valence-electron chi connectivity index (χ0n) is 17.2. The second-order valence-electron chi connectivity index (χ2n) is 6.81. The third-order valence-corrected chi connectivity index (χ3v) is 4.82. The molecule has 150 valence electrons. The average Bonchev–Trinajstić information content (AvgIpc) is 2.73. The molecule has 5 nitrogen and oxygen atoms in total. The predicted molar refractivity (Wildman–Crippen MR) is 111 cm³/mol. The van der Waals surface area contributed by atoms with Crippen molar-refractivity contribution >= 4 is 0 Å². The highest BCUT2D eigenvalue weighted by Gasteiger charge is 2.15. The minimum atomic E-state index is -0.154. The van der Waals surface area contributed by atoms with Crippen LogP contribution in [0.4, 0.5) is 0 Å². The van der Waals surface area contributed by atoms with E-state index in [2.05, 4.69) is 24.4 Å². The van der Waals surface area contributed by atoms with Crippen LogP contribution in [-0.2, 0) is 6.42 Å². The summed E-state index contributed by atoms with van der Waals surface area (Å²) in [6.07, 6.45) is 2.62. The third kappa shape index (κ3) is 5.90. The molecule has 2 unspecified atom stereocenters. The minimum Gasteiger partial charge on any atom is -0.496 e. The van der Waals surface area contributed by atoms with Gasteiger partial charge in [-0.3, -0.25) is 0 Å². The largest absolute Gasteiger partial charge is 0.496 e. The smallest absolute Gasteiger partial charge is 0.160 e. The Kier molecular flexibility index (Phi) is 8.64. The molecule has 0 aromatic heterocycles. The van der Waals surface area contributed by atoms with Crippen molar-refractivity contribution < 1.29 is 14.2 Å². The van der Waals surface area contributed by atoms with Crippen LogP contribution in [0.3, 0.4) is 0 Å². The van der Waals surface area contributed by atoms with Gasteiger partial charge >= 0.3 is 0 Å². The molecular weight excluding hydrogens is 352 g/mol.